The van der Waals surface area contributed by atoms with Crippen molar-refractivity contribution >= 4 is 23.6 Å². The molecule has 6 nitrogen and oxygen atoms in total. The molecule has 0 aromatic rings. The summed E-state index contributed by atoms with van der Waals surface area (Å²) in [7, 11) is 1.50. The molecule has 116 valence electrons. The third-order valence-electron chi connectivity index (χ3n) is 3.40. The maximum absolute atomic E-state index is 12.1. The number of likely N-dealkylation sites (tertiary alicyclic amines) is 1. The second-order valence-corrected chi connectivity index (χ2v) is 5.97. The molecule has 1 atom stereocenters. The molecule has 1 rings (SSSR count). The van der Waals surface area contributed by atoms with E-state index in [4.69, 9.17) is 10.5 Å². The summed E-state index contributed by atoms with van der Waals surface area (Å²) in [5.74, 6) is 0.825. The smallest absolute Gasteiger partial charge is 0.246 e. The van der Waals surface area contributed by atoms with E-state index in [2.05, 4.69) is 5.32 Å². The van der Waals surface area contributed by atoms with Crippen LogP contribution in [0.4, 0.5) is 0 Å². The van der Waals surface area contributed by atoms with E-state index in [9.17, 15) is 9.59 Å². The van der Waals surface area contributed by atoms with Crippen LogP contribution in [0.5, 0.6) is 0 Å². The Morgan fingerprint density at radius 2 is 2.10 bits per heavy atom. The standard InChI is InChI=1S/C13H25N3O3S/c1-19-9-12(17)15-10-3-6-16(7-4-10)13(18)11(14)5-8-20-2/h10-11H,3-9,14H2,1-2H3,(H,15,17)/t11-/m1/s1. The fraction of sp³-hybridized carbons (Fsp3) is 0.846. The van der Waals surface area contributed by atoms with Crippen molar-refractivity contribution in [2.75, 3.05) is 38.8 Å². The Hall–Kier alpha value is -0.790. The SMILES string of the molecule is COCC(=O)NC1CCN(C(=O)[C@H](N)CCSC)CC1. The van der Waals surface area contributed by atoms with Crippen LogP contribution in [0.25, 0.3) is 0 Å². The Labute approximate surface area is 124 Å². The van der Waals surface area contributed by atoms with Gasteiger partial charge in [0.2, 0.25) is 11.8 Å². The average molecular weight is 303 g/mol. The molecule has 1 saturated heterocycles. The van der Waals surface area contributed by atoms with Gasteiger partial charge in [-0.15, -0.1) is 0 Å². The zero-order chi connectivity index (χ0) is 15.0. The van der Waals surface area contributed by atoms with E-state index in [1.165, 1.54) is 7.11 Å². The average Bonchev–Trinajstić information content (AvgIpc) is 2.45. The normalized spacial score (nSPS) is 17.9. The number of methoxy groups -OCH3 is 1. The monoisotopic (exact) mass is 303 g/mol. The molecule has 0 spiro atoms. The van der Waals surface area contributed by atoms with Gasteiger partial charge in [0.25, 0.3) is 0 Å². The van der Waals surface area contributed by atoms with Crippen molar-refractivity contribution in [2.24, 2.45) is 5.73 Å². The van der Waals surface area contributed by atoms with E-state index in [-0.39, 0.29) is 24.5 Å². The van der Waals surface area contributed by atoms with Crippen molar-refractivity contribution in [1.29, 1.82) is 0 Å². The minimum atomic E-state index is -0.401. The number of piperidine rings is 1. The van der Waals surface area contributed by atoms with Crippen LogP contribution < -0.4 is 11.1 Å². The Bertz CT molecular complexity index is 320. The van der Waals surface area contributed by atoms with Gasteiger partial charge < -0.3 is 20.7 Å². The van der Waals surface area contributed by atoms with Gasteiger partial charge in [-0.05, 0) is 31.3 Å². The summed E-state index contributed by atoms with van der Waals surface area (Å²) in [6, 6.07) is -0.272. The first kappa shape index (κ1) is 17.3. The van der Waals surface area contributed by atoms with E-state index in [0.29, 0.717) is 19.5 Å². The molecule has 3 N–H and O–H groups in total. The van der Waals surface area contributed by atoms with Crippen molar-refractivity contribution < 1.29 is 14.3 Å². The van der Waals surface area contributed by atoms with Crippen LogP contribution in [-0.4, -0.2) is 67.6 Å². The predicted octanol–water partition coefficient (Wildman–Crippen LogP) is -0.180. The third-order valence-corrected chi connectivity index (χ3v) is 4.04. The number of rotatable bonds is 7. The molecule has 0 saturated carbocycles. The van der Waals surface area contributed by atoms with Gasteiger partial charge in [0, 0.05) is 26.2 Å². The number of carbonyl (C=O) groups is 2. The van der Waals surface area contributed by atoms with Crippen molar-refractivity contribution in [3.8, 4) is 0 Å². The number of carbonyl (C=O) groups excluding carboxylic acids is 2. The van der Waals surface area contributed by atoms with Gasteiger partial charge in [-0.1, -0.05) is 0 Å². The van der Waals surface area contributed by atoms with Crippen LogP contribution in [0.3, 0.4) is 0 Å². The van der Waals surface area contributed by atoms with Gasteiger partial charge >= 0.3 is 0 Å². The fourth-order valence-electron chi connectivity index (χ4n) is 2.25. The van der Waals surface area contributed by atoms with Crippen LogP contribution in [0.15, 0.2) is 0 Å². The highest BCUT2D eigenvalue weighted by Gasteiger charge is 2.26. The van der Waals surface area contributed by atoms with Gasteiger partial charge in [0.1, 0.15) is 6.61 Å². The minimum Gasteiger partial charge on any atom is -0.375 e. The highest BCUT2D eigenvalue weighted by atomic mass is 32.2. The van der Waals surface area contributed by atoms with Crippen LogP contribution in [0.1, 0.15) is 19.3 Å². The molecule has 0 unspecified atom stereocenters. The lowest BCUT2D eigenvalue weighted by atomic mass is 10.0. The maximum atomic E-state index is 12.1. The van der Waals surface area contributed by atoms with Crippen LogP contribution in [0.2, 0.25) is 0 Å². The second kappa shape index (κ2) is 9.20. The molecule has 1 aliphatic rings. The number of nitrogens with zero attached hydrogens (tertiary/aromatic N) is 1. The lowest BCUT2D eigenvalue weighted by Gasteiger charge is -2.33. The fourth-order valence-corrected chi connectivity index (χ4v) is 2.74. The van der Waals surface area contributed by atoms with Gasteiger partial charge in [0.05, 0.1) is 6.04 Å². The highest BCUT2D eigenvalue weighted by molar-refractivity contribution is 7.98. The van der Waals surface area contributed by atoms with Crippen LogP contribution >= 0.6 is 11.8 Å². The summed E-state index contributed by atoms with van der Waals surface area (Å²) in [6.45, 7) is 1.40. The quantitative estimate of drug-likeness (QED) is 0.681. The number of ether oxygens (including phenoxy) is 1. The molecule has 7 heteroatoms. The Balaban J connectivity index is 2.30. The Morgan fingerprint density at radius 1 is 1.45 bits per heavy atom. The molecule has 0 aromatic heterocycles. The molecule has 1 heterocycles. The van der Waals surface area contributed by atoms with Crippen molar-refractivity contribution in [3.05, 3.63) is 0 Å². The number of hydrogen-bond acceptors (Lipinski definition) is 5. The van der Waals surface area contributed by atoms with E-state index in [0.717, 1.165) is 18.6 Å². The molecule has 2 amide bonds. The number of amides is 2. The molecule has 0 bridgehead atoms. The molecule has 1 fully saturated rings. The number of hydrogen-bond donors (Lipinski definition) is 2. The van der Waals surface area contributed by atoms with Gasteiger partial charge in [-0.25, -0.2) is 0 Å². The van der Waals surface area contributed by atoms with Crippen molar-refractivity contribution in [3.63, 3.8) is 0 Å². The molecule has 0 aromatic carbocycles. The molecule has 0 aliphatic carbocycles. The molecule has 1 aliphatic heterocycles. The molecular weight excluding hydrogens is 278 g/mol. The summed E-state index contributed by atoms with van der Waals surface area (Å²) in [5.41, 5.74) is 5.90. The number of nitrogens with two attached hydrogens (primary N) is 1. The Morgan fingerprint density at radius 3 is 2.65 bits per heavy atom. The van der Waals surface area contributed by atoms with Crippen molar-refractivity contribution in [2.45, 2.75) is 31.3 Å². The zero-order valence-corrected chi connectivity index (χ0v) is 13.1. The lowest BCUT2D eigenvalue weighted by Crippen LogP contribution is -2.51. The maximum Gasteiger partial charge on any atom is 0.246 e. The summed E-state index contributed by atoms with van der Waals surface area (Å²) in [5, 5.41) is 2.91. The van der Waals surface area contributed by atoms with Crippen LogP contribution in [-0.2, 0) is 14.3 Å². The molecule has 0 radical (unpaired) electrons. The van der Waals surface area contributed by atoms with E-state index in [1.54, 1.807) is 11.8 Å². The predicted molar refractivity (Wildman–Crippen MR) is 80.6 cm³/mol. The first-order valence-corrected chi connectivity index (χ1v) is 8.29. The summed E-state index contributed by atoms with van der Waals surface area (Å²) in [4.78, 5) is 25.3. The first-order valence-electron chi connectivity index (χ1n) is 6.90. The molecule has 20 heavy (non-hydrogen) atoms. The Kier molecular flexibility index (Phi) is 7.94. The largest absolute Gasteiger partial charge is 0.375 e. The topological polar surface area (TPSA) is 84.7 Å². The molecular formula is C13H25N3O3S. The summed E-state index contributed by atoms with van der Waals surface area (Å²) in [6.07, 6.45) is 4.27. The minimum absolute atomic E-state index is 0.0284. The van der Waals surface area contributed by atoms with E-state index in [1.807, 2.05) is 11.2 Å². The van der Waals surface area contributed by atoms with Gasteiger partial charge in [-0.2, -0.15) is 11.8 Å². The summed E-state index contributed by atoms with van der Waals surface area (Å²) < 4.78 is 4.78. The first-order chi connectivity index (χ1) is 9.58. The zero-order valence-electron chi connectivity index (χ0n) is 12.3. The highest BCUT2D eigenvalue weighted by Crippen LogP contribution is 2.12. The third kappa shape index (κ3) is 5.68. The van der Waals surface area contributed by atoms with E-state index >= 15 is 0 Å². The van der Waals surface area contributed by atoms with Crippen molar-refractivity contribution in [1.82, 2.24) is 10.2 Å². The number of thioether (sulfide) groups is 1. The number of nitrogens with one attached hydrogen (secondary N) is 1. The summed E-state index contributed by atoms with van der Waals surface area (Å²) >= 11 is 1.70. The van der Waals surface area contributed by atoms with Crippen LogP contribution in [0, 0.1) is 0 Å². The van der Waals surface area contributed by atoms with Gasteiger partial charge in [0.15, 0.2) is 0 Å². The second-order valence-electron chi connectivity index (χ2n) is 4.99. The van der Waals surface area contributed by atoms with E-state index < -0.39 is 6.04 Å². The van der Waals surface area contributed by atoms with Gasteiger partial charge in [-0.3, -0.25) is 9.59 Å². The lowest BCUT2D eigenvalue weighted by molar-refractivity contribution is -0.134.